The molecule has 0 atom stereocenters. The number of nitrogens with one attached hydrogen (secondary N) is 2. The lowest BCUT2D eigenvalue weighted by Gasteiger charge is -2.03. The van der Waals surface area contributed by atoms with Gasteiger partial charge in [-0.1, -0.05) is 23.1 Å². The SMILES string of the molecule is CNc1nnc(SCC(=O)Nc2ccc(I)cc2)s1. The number of halogens is 1. The van der Waals surface area contributed by atoms with Crippen LogP contribution in [0.25, 0.3) is 0 Å². The van der Waals surface area contributed by atoms with E-state index in [2.05, 4.69) is 43.4 Å². The number of hydrogen-bond donors (Lipinski definition) is 2. The molecule has 0 saturated heterocycles. The van der Waals surface area contributed by atoms with Crippen LogP contribution in [0.4, 0.5) is 10.8 Å². The second-order valence-corrected chi connectivity index (χ2v) is 6.91. The monoisotopic (exact) mass is 406 g/mol. The predicted molar refractivity (Wildman–Crippen MR) is 88.0 cm³/mol. The summed E-state index contributed by atoms with van der Waals surface area (Å²) in [5.41, 5.74) is 0.805. The number of rotatable bonds is 5. The van der Waals surface area contributed by atoms with Gasteiger partial charge in [0.2, 0.25) is 11.0 Å². The van der Waals surface area contributed by atoms with Crippen molar-refractivity contribution in [3.05, 3.63) is 27.8 Å². The second-order valence-electron chi connectivity index (χ2n) is 3.47. The highest BCUT2D eigenvalue weighted by Gasteiger charge is 2.07. The molecular formula is C11H11IN4OS2. The van der Waals surface area contributed by atoms with Crippen LogP contribution in [0.5, 0.6) is 0 Å². The van der Waals surface area contributed by atoms with Crippen LogP contribution in [0.2, 0.25) is 0 Å². The molecule has 0 aliphatic carbocycles. The van der Waals surface area contributed by atoms with E-state index in [1.54, 1.807) is 7.05 Å². The van der Waals surface area contributed by atoms with E-state index in [0.29, 0.717) is 5.75 Å². The Kier molecular flexibility index (Phi) is 5.40. The first-order chi connectivity index (χ1) is 9.17. The first-order valence-electron chi connectivity index (χ1n) is 5.37. The number of hydrogen-bond acceptors (Lipinski definition) is 6. The van der Waals surface area contributed by atoms with Crippen molar-refractivity contribution < 1.29 is 4.79 Å². The Hall–Kier alpha value is -0.870. The van der Waals surface area contributed by atoms with Crippen molar-refractivity contribution in [3.63, 3.8) is 0 Å². The van der Waals surface area contributed by atoms with Gasteiger partial charge in [-0.2, -0.15) is 0 Å². The van der Waals surface area contributed by atoms with Gasteiger partial charge in [-0.05, 0) is 46.9 Å². The molecule has 0 radical (unpaired) electrons. The number of anilines is 2. The molecule has 1 amide bonds. The van der Waals surface area contributed by atoms with Gasteiger partial charge in [0.05, 0.1) is 5.75 Å². The lowest BCUT2D eigenvalue weighted by molar-refractivity contribution is -0.113. The molecule has 2 aromatic rings. The van der Waals surface area contributed by atoms with Crippen molar-refractivity contribution in [2.45, 2.75) is 4.34 Å². The highest BCUT2D eigenvalue weighted by Crippen LogP contribution is 2.25. The Balaban J connectivity index is 1.82. The van der Waals surface area contributed by atoms with Crippen LogP contribution in [0.3, 0.4) is 0 Å². The van der Waals surface area contributed by atoms with E-state index in [-0.39, 0.29) is 5.91 Å². The number of thioether (sulfide) groups is 1. The molecule has 5 nitrogen and oxygen atoms in total. The molecule has 0 unspecified atom stereocenters. The largest absolute Gasteiger partial charge is 0.363 e. The topological polar surface area (TPSA) is 66.9 Å². The number of carbonyl (C=O) groups is 1. The lowest BCUT2D eigenvalue weighted by Crippen LogP contribution is -2.13. The fourth-order valence-corrected chi connectivity index (χ4v) is 3.09. The van der Waals surface area contributed by atoms with Crippen molar-refractivity contribution in [2.24, 2.45) is 0 Å². The summed E-state index contributed by atoms with van der Waals surface area (Å²) in [5.74, 6) is 0.275. The molecule has 0 bridgehead atoms. The van der Waals surface area contributed by atoms with Gasteiger partial charge in [0, 0.05) is 16.3 Å². The highest BCUT2D eigenvalue weighted by atomic mass is 127. The maximum absolute atomic E-state index is 11.8. The molecule has 100 valence electrons. The Labute approximate surface area is 132 Å². The molecule has 8 heteroatoms. The third-order valence-corrected chi connectivity index (χ3v) is 4.87. The average Bonchev–Trinajstić information content (AvgIpc) is 2.87. The van der Waals surface area contributed by atoms with Gasteiger partial charge in [-0.25, -0.2) is 0 Å². The van der Waals surface area contributed by atoms with Crippen LogP contribution in [-0.2, 0) is 4.79 Å². The number of benzene rings is 1. The Bertz CT molecular complexity index is 558. The quantitative estimate of drug-likeness (QED) is 0.591. The number of amides is 1. The van der Waals surface area contributed by atoms with Crippen molar-refractivity contribution in [1.82, 2.24) is 10.2 Å². The van der Waals surface area contributed by atoms with Crippen molar-refractivity contribution >= 4 is 62.4 Å². The number of carbonyl (C=O) groups excluding carboxylic acids is 1. The Morgan fingerprint density at radius 1 is 1.37 bits per heavy atom. The molecule has 0 aliphatic heterocycles. The summed E-state index contributed by atoms with van der Waals surface area (Å²) in [5, 5.41) is 14.4. The first-order valence-corrected chi connectivity index (χ1v) is 8.25. The molecule has 0 spiro atoms. The van der Waals surface area contributed by atoms with E-state index in [1.165, 1.54) is 23.1 Å². The van der Waals surface area contributed by atoms with Crippen LogP contribution >= 0.6 is 45.7 Å². The van der Waals surface area contributed by atoms with Crippen LogP contribution < -0.4 is 10.6 Å². The summed E-state index contributed by atoms with van der Waals surface area (Å²) in [6.45, 7) is 0. The molecule has 2 N–H and O–H groups in total. The molecule has 0 fully saturated rings. The summed E-state index contributed by atoms with van der Waals surface area (Å²) in [6, 6.07) is 7.67. The molecule has 0 aliphatic rings. The smallest absolute Gasteiger partial charge is 0.234 e. The van der Waals surface area contributed by atoms with E-state index < -0.39 is 0 Å². The minimum absolute atomic E-state index is 0.0487. The lowest BCUT2D eigenvalue weighted by atomic mass is 10.3. The van der Waals surface area contributed by atoms with Crippen molar-refractivity contribution in [2.75, 3.05) is 23.4 Å². The minimum atomic E-state index is -0.0487. The van der Waals surface area contributed by atoms with Crippen LogP contribution in [0.1, 0.15) is 0 Å². The first kappa shape index (κ1) is 14.5. The van der Waals surface area contributed by atoms with E-state index in [0.717, 1.165) is 18.7 Å². The zero-order chi connectivity index (χ0) is 13.7. The van der Waals surface area contributed by atoms with E-state index in [1.807, 2.05) is 24.3 Å². The zero-order valence-corrected chi connectivity index (χ0v) is 13.8. The summed E-state index contributed by atoms with van der Waals surface area (Å²) in [6.07, 6.45) is 0. The normalized spacial score (nSPS) is 10.2. The summed E-state index contributed by atoms with van der Waals surface area (Å²) in [4.78, 5) is 11.8. The standard InChI is InChI=1S/C11H11IN4OS2/c1-13-10-15-16-11(19-10)18-6-9(17)14-8-4-2-7(12)3-5-8/h2-5H,6H2,1H3,(H,13,15)(H,14,17). The molecular weight excluding hydrogens is 395 g/mol. The van der Waals surface area contributed by atoms with E-state index >= 15 is 0 Å². The maximum atomic E-state index is 11.8. The molecule has 1 heterocycles. The Morgan fingerprint density at radius 3 is 2.74 bits per heavy atom. The molecule has 19 heavy (non-hydrogen) atoms. The van der Waals surface area contributed by atoms with E-state index in [4.69, 9.17) is 0 Å². The summed E-state index contributed by atoms with van der Waals surface area (Å²) < 4.78 is 1.92. The van der Waals surface area contributed by atoms with Gasteiger partial charge in [0.1, 0.15) is 0 Å². The summed E-state index contributed by atoms with van der Waals surface area (Å²) >= 11 is 5.03. The molecule has 1 aromatic carbocycles. The van der Waals surface area contributed by atoms with Gasteiger partial charge in [0.15, 0.2) is 4.34 Å². The van der Waals surface area contributed by atoms with Gasteiger partial charge in [-0.15, -0.1) is 10.2 Å². The number of nitrogens with zero attached hydrogens (tertiary/aromatic N) is 2. The van der Waals surface area contributed by atoms with Gasteiger partial charge in [-0.3, -0.25) is 4.79 Å². The third kappa shape index (κ3) is 4.62. The fourth-order valence-electron chi connectivity index (χ4n) is 1.23. The van der Waals surface area contributed by atoms with Crippen molar-refractivity contribution in [3.8, 4) is 0 Å². The molecule has 0 saturated carbocycles. The fraction of sp³-hybridized carbons (Fsp3) is 0.182. The van der Waals surface area contributed by atoms with Gasteiger partial charge in [0.25, 0.3) is 0 Å². The minimum Gasteiger partial charge on any atom is -0.363 e. The van der Waals surface area contributed by atoms with Gasteiger partial charge < -0.3 is 10.6 Å². The third-order valence-electron chi connectivity index (χ3n) is 2.08. The average molecular weight is 406 g/mol. The number of aromatic nitrogens is 2. The van der Waals surface area contributed by atoms with Crippen molar-refractivity contribution in [1.29, 1.82) is 0 Å². The Morgan fingerprint density at radius 2 is 2.11 bits per heavy atom. The molecule has 2 rings (SSSR count). The molecule has 1 aromatic heterocycles. The van der Waals surface area contributed by atoms with Gasteiger partial charge >= 0.3 is 0 Å². The van der Waals surface area contributed by atoms with E-state index in [9.17, 15) is 4.79 Å². The second kappa shape index (κ2) is 7.06. The maximum Gasteiger partial charge on any atom is 0.234 e. The highest BCUT2D eigenvalue weighted by molar-refractivity contribution is 14.1. The van der Waals surface area contributed by atoms with Crippen LogP contribution in [0.15, 0.2) is 28.6 Å². The predicted octanol–water partition coefficient (Wildman–Crippen LogP) is 2.92. The van der Waals surface area contributed by atoms with Crippen LogP contribution in [-0.4, -0.2) is 28.9 Å². The zero-order valence-electron chi connectivity index (χ0n) is 10.0. The van der Waals surface area contributed by atoms with Crippen LogP contribution in [0, 0.1) is 3.57 Å². The summed E-state index contributed by atoms with van der Waals surface area (Å²) in [7, 11) is 1.79.